The average Bonchev–Trinajstić information content (AvgIpc) is 3.63. The van der Waals surface area contributed by atoms with Crippen LogP contribution in [0.25, 0.3) is 0 Å². The van der Waals surface area contributed by atoms with Crippen LogP contribution < -0.4 is 10.2 Å². The third-order valence-electron chi connectivity index (χ3n) is 5.66. The molecule has 0 unspecified atom stereocenters. The number of benzene rings is 3. The lowest BCUT2D eigenvalue weighted by atomic mass is 10.1. The molecule has 0 radical (unpaired) electrons. The zero-order valence-electron chi connectivity index (χ0n) is 18.4. The first-order chi connectivity index (χ1) is 15.8. The number of hydrogen-bond donors (Lipinski definition) is 1. The molecule has 1 aliphatic rings. The van der Waals surface area contributed by atoms with Gasteiger partial charge in [-0.15, -0.1) is 0 Å². The maximum atomic E-state index is 12.7. The number of para-hydroxylation sites is 1. The molecule has 1 saturated carbocycles. The summed E-state index contributed by atoms with van der Waals surface area (Å²) in [4.78, 5) is 27.0. The van der Waals surface area contributed by atoms with E-state index in [1.54, 1.807) is 60.5 Å². The molecule has 3 aromatic carbocycles. The van der Waals surface area contributed by atoms with E-state index in [4.69, 9.17) is 0 Å². The van der Waals surface area contributed by atoms with Crippen LogP contribution in [0.3, 0.4) is 0 Å². The molecule has 1 N–H and O–H groups in total. The van der Waals surface area contributed by atoms with Crippen molar-refractivity contribution in [2.45, 2.75) is 24.2 Å². The Morgan fingerprint density at radius 2 is 1.55 bits per heavy atom. The molecule has 0 aromatic heterocycles. The largest absolute Gasteiger partial charge is 0.326 e. The molecule has 6 nitrogen and oxygen atoms in total. The molecule has 2 amide bonds. The van der Waals surface area contributed by atoms with Gasteiger partial charge in [0.2, 0.25) is 5.91 Å². The van der Waals surface area contributed by atoms with Crippen molar-refractivity contribution in [1.29, 1.82) is 0 Å². The Hall–Kier alpha value is -3.45. The molecule has 33 heavy (non-hydrogen) atoms. The van der Waals surface area contributed by atoms with Crippen LogP contribution in [0.15, 0.2) is 83.8 Å². The number of anilines is 2. The average molecular weight is 463 g/mol. The second-order valence-corrected chi connectivity index (χ2v) is 10.4. The first-order valence-corrected chi connectivity index (χ1v) is 12.5. The zero-order valence-corrected chi connectivity index (χ0v) is 19.2. The molecule has 0 saturated heterocycles. The Bertz CT molecular complexity index is 1230. The Labute approximate surface area is 194 Å². The number of nitrogens with one attached hydrogen (secondary N) is 1. The Kier molecular flexibility index (Phi) is 6.60. The highest BCUT2D eigenvalue weighted by Crippen LogP contribution is 2.32. The molecule has 1 fully saturated rings. The Morgan fingerprint density at radius 3 is 2.15 bits per heavy atom. The number of carbonyl (C=O) groups is 2. The zero-order chi connectivity index (χ0) is 23.4. The minimum Gasteiger partial charge on any atom is -0.326 e. The summed E-state index contributed by atoms with van der Waals surface area (Å²) in [5.41, 5.74) is 2.63. The van der Waals surface area contributed by atoms with Crippen LogP contribution in [-0.4, -0.2) is 33.0 Å². The fourth-order valence-electron chi connectivity index (χ4n) is 3.55. The van der Waals surface area contributed by atoms with Gasteiger partial charge >= 0.3 is 0 Å². The van der Waals surface area contributed by atoms with Crippen molar-refractivity contribution in [3.05, 3.63) is 90.0 Å². The number of rotatable bonds is 8. The van der Waals surface area contributed by atoms with Crippen molar-refractivity contribution in [2.75, 3.05) is 23.0 Å². The summed E-state index contributed by atoms with van der Waals surface area (Å²) >= 11 is 0. The minimum absolute atomic E-state index is 0.125. The number of sulfone groups is 1. The van der Waals surface area contributed by atoms with E-state index in [0.717, 1.165) is 24.1 Å². The summed E-state index contributed by atoms with van der Waals surface area (Å²) in [5, 5.41) is 2.81. The van der Waals surface area contributed by atoms with Gasteiger partial charge in [-0.25, -0.2) is 8.42 Å². The third-order valence-corrected chi connectivity index (χ3v) is 7.56. The van der Waals surface area contributed by atoms with Crippen LogP contribution >= 0.6 is 0 Å². The first kappa shape index (κ1) is 22.7. The predicted molar refractivity (Wildman–Crippen MR) is 129 cm³/mol. The molecule has 0 spiro atoms. The molecule has 0 atom stereocenters. The van der Waals surface area contributed by atoms with Crippen LogP contribution in [-0.2, 0) is 21.1 Å². The van der Waals surface area contributed by atoms with Crippen LogP contribution in [0.4, 0.5) is 11.4 Å². The van der Waals surface area contributed by atoms with Crippen LogP contribution in [0.5, 0.6) is 0 Å². The van der Waals surface area contributed by atoms with Crippen molar-refractivity contribution >= 4 is 33.0 Å². The maximum absolute atomic E-state index is 12.7. The van der Waals surface area contributed by atoms with Crippen molar-refractivity contribution in [2.24, 2.45) is 5.92 Å². The topological polar surface area (TPSA) is 83.6 Å². The van der Waals surface area contributed by atoms with Gasteiger partial charge in [0.1, 0.15) is 0 Å². The highest BCUT2D eigenvalue weighted by Gasteiger charge is 2.29. The van der Waals surface area contributed by atoms with E-state index in [2.05, 4.69) is 5.32 Å². The van der Waals surface area contributed by atoms with E-state index >= 15 is 0 Å². The number of amides is 2. The van der Waals surface area contributed by atoms with E-state index in [0.29, 0.717) is 22.1 Å². The summed E-state index contributed by atoms with van der Waals surface area (Å²) in [6.07, 6.45) is 2.09. The lowest BCUT2D eigenvalue weighted by Gasteiger charge is -2.17. The molecule has 0 bridgehead atoms. The minimum atomic E-state index is -3.26. The van der Waals surface area contributed by atoms with E-state index in [-0.39, 0.29) is 24.0 Å². The second kappa shape index (κ2) is 9.58. The number of hydrogen-bond acceptors (Lipinski definition) is 4. The van der Waals surface area contributed by atoms with E-state index in [9.17, 15) is 18.0 Å². The Morgan fingerprint density at radius 1 is 0.909 bits per heavy atom. The van der Waals surface area contributed by atoms with Gasteiger partial charge in [-0.05, 0) is 72.9 Å². The molecule has 0 aliphatic heterocycles. The van der Waals surface area contributed by atoms with Gasteiger partial charge in [-0.1, -0.05) is 30.3 Å². The van der Waals surface area contributed by atoms with E-state index in [1.165, 1.54) is 0 Å². The van der Waals surface area contributed by atoms with Gasteiger partial charge in [0.25, 0.3) is 5.91 Å². The highest BCUT2D eigenvalue weighted by atomic mass is 32.2. The summed E-state index contributed by atoms with van der Waals surface area (Å²) in [6, 6.07) is 22.6. The van der Waals surface area contributed by atoms with Gasteiger partial charge in [0.05, 0.1) is 17.1 Å². The molecule has 4 rings (SSSR count). The number of carbonyl (C=O) groups excluding carboxylic acids is 2. The standard InChI is InChI=1S/C26H26N2O4S/c1-28(23-5-3-2-4-6-23)26(30)21-11-13-22(14-12-21)27-25(29)17-19-9-15-24(16-10-19)33(31,32)18-20-7-8-20/h2-6,9-16,20H,7-8,17-18H2,1H3,(H,27,29). The SMILES string of the molecule is CN(C(=O)c1ccc(NC(=O)Cc2ccc(S(=O)(=O)CC3CC3)cc2)cc1)c1ccccc1. The molecule has 170 valence electrons. The van der Waals surface area contributed by atoms with Crippen LogP contribution in [0, 0.1) is 5.92 Å². The fourth-order valence-corrected chi connectivity index (χ4v) is 5.25. The molecular weight excluding hydrogens is 436 g/mol. The number of nitrogens with zero attached hydrogens (tertiary/aromatic N) is 1. The molecule has 7 heteroatoms. The van der Waals surface area contributed by atoms with Crippen molar-refractivity contribution in [1.82, 2.24) is 0 Å². The predicted octanol–water partition coefficient (Wildman–Crippen LogP) is 4.33. The maximum Gasteiger partial charge on any atom is 0.258 e. The molecule has 3 aromatic rings. The summed E-state index contributed by atoms with van der Waals surface area (Å²) < 4.78 is 24.7. The molecule has 0 heterocycles. The summed E-state index contributed by atoms with van der Waals surface area (Å²) in [7, 11) is -1.54. The van der Waals surface area contributed by atoms with Crippen LogP contribution in [0.2, 0.25) is 0 Å². The smallest absolute Gasteiger partial charge is 0.258 e. The van der Waals surface area contributed by atoms with E-state index in [1.807, 2.05) is 30.3 Å². The van der Waals surface area contributed by atoms with Gasteiger partial charge in [-0.2, -0.15) is 0 Å². The van der Waals surface area contributed by atoms with Crippen molar-refractivity contribution in [3.8, 4) is 0 Å². The lowest BCUT2D eigenvalue weighted by Crippen LogP contribution is -2.26. The summed E-state index contributed by atoms with van der Waals surface area (Å²) in [5.74, 6) is 0.132. The van der Waals surface area contributed by atoms with E-state index < -0.39 is 9.84 Å². The highest BCUT2D eigenvalue weighted by molar-refractivity contribution is 7.91. The van der Waals surface area contributed by atoms with Gasteiger partial charge in [0, 0.05) is 24.0 Å². The first-order valence-electron chi connectivity index (χ1n) is 10.9. The van der Waals surface area contributed by atoms with Crippen molar-refractivity contribution < 1.29 is 18.0 Å². The second-order valence-electron chi connectivity index (χ2n) is 8.37. The van der Waals surface area contributed by atoms with Crippen molar-refractivity contribution in [3.63, 3.8) is 0 Å². The third kappa shape index (κ3) is 5.87. The summed E-state index contributed by atoms with van der Waals surface area (Å²) in [6.45, 7) is 0. The van der Waals surface area contributed by atoms with Gasteiger partial charge in [0.15, 0.2) is 9.84 Å². The van der Waals surface area contributed by atoms with Gasteiger partial charge in [-0.3, -0.25) is 9.59 Å². The normalized spacial score (nSPS) is 13.4. The molecular formula is C26H26N2O4S. The van der Waals surface area contributed by atoms with Crippen LogP contribution in [0.1, 0.15) is 28.8 Å². The molecule has 1 aliphatic carbocycles. The fraction of sp³-hybridized carbons (Fsp3) is 0.231. The Balaban J connectivity index is 1.33. The van der Waals surface area contributed by atoms with Gasteiger partial charge < -0.3 is 10.2 Å². The quantitative estimate of drug-likeness (QED) is 0.540. The monoisotopic (exact) mass is 462 g/mol. The lowest BCUT2D eigenvalue weighted by molar-refractivity contribution is -0.115.